The number of nitrogens with zero attached hydrogens (tertiary/aromatic N) is 2. The van der Waals surface area contributed by atoms with Crippen molar-refractivity contribution in [2.45, 2.75) is 6.42 Å². The van der Waals surface area contributed by atoms with Gasteiger partial charge >= 0.3 is 0 Å². The zero-order valence-electron chi connectivity index (χ0n) is 10.2. The van der Waals surface area contributed by atoms with Crippen molar-refractivity contribution in [2.75, 3.05) is 32.1 Å². The van der Waals surface area contributed by atoms with E-state index < -0.39 is 10.7 Å². The normalized spacial score (nSPS) is 10.4. The Bertz CT molecular complexity index is 443. The maximum Gasteiger partial charge on any atom is 0.293 e. The fourth-order valence-corrected chi connectivity index (χ4v) is 2.04. The van der Waals surface area contributed by atoms with Gasteiger partial charge in [0.2, 0.25) is 0 Å². The van der Waals surface area contributed by atoms with E-state index in [-0.39, 0.29) is 9.26 Å². The Morgan fingerprint density at radius 2 is 2.22 bits per heavy atom. The van der Waals surface area contributed by atoms with Gasteiger partial charge in [-0.3, -0.25) is 10.1 Å². The van der Waals surface area contributed by atoms with E-state index in [4.69, 9.17) is 0 Å². The molecule has 1 rings (SSSR count). The first-order valence-electron chi connectivity index (χ1n) is 5.46. The minimum absolute atomic E-state index is 0.0623. The number of anilines is 1. The van der Waals surface area contributed by atoms with E-state index in [2.05, 4.69) is 5.32 Å². The summed E-state index contributed by atoms with van der Waals surface area (Å²) in [6, 6.07) is 2.49. The summed E-state index contributed by atoms with van der Waals surface area (Å²) in [7, 11) is 3.57. The van der Waals surface area contributed by atoms with E-state index in [0.717, 1.165) is 13.0 Å². The van der Waals surface area contributed by atoms with Crippen molar-refractivity contribution in [1.29, 1.82) is 0 Å². The molecule has 1 aromatic carbocycles. The van der Waals surface area contributed by atoms with Gasteiger partial charge in [0.25, 0.3) is 5.69 Å². The molecule has 18 heavy (non-hydrogen) atoms. The van der Waals surface area contributed by atoms with Crippen molar-refractivity contribution < 1.29 is 9.31 Å². The standard InChI is InChI=1S/C11H15FIN3O2/c1-14-4-3-5-15(2)10-6-8(12)9(13)7-11(10)16(17)18/h6-7,14H,3-5H2,1-2H3. The number of nitro groups is 1. The van der Waals surface area contributed by atoms with Crippen LogP contribution in [0.25, 0.3) is 0 Å². The predicted molar refractivity (Wildman–Crippen MR) is 77.6 cm³/mol. The molecule has 0 bridgehead atoms. The molecule has 0 unspecified atom stereocenters. The number of benzene rings is 1. The number of halogens is 2. The molecule has 0 aliphatic carbocycles. The molecule has 0 heterocycles. The van der Waals surface area contributed by atoms with Crippen LogP contribution in [-0.4, -0.2) is 32.1 Å². The molecule has 1 aromatic rings. The van der Waals surface area contributed by atoms with Crippen molar-refractivity contribution in [3.63, 3.8) is 0 Å². The molecule has 0 radical (unpaired) electrons. The Hall–Kier alpha value is -0.960. The predicted octanol–water partition coefficient (Wildman–Crippen LogP) is 2.38. The molecule has 0 fully saturated rings. The second kappa shape index (κ2) is 6.83. The molecule has 100 valence electrons. The van der Waals surface area contributed by atoms with Gasteiger partial charge in [0, 0.05) is 25.7 Å². The zero-order valence-corrected chi connectivity index (χ0v) is 12.4. The topological polar surface area (TPSA) is 58.4 Å². The summed E-state index contributed by atoms with van der Waals surface area (Å²) in [4.78, 5) is 12.2. The molecule has 7 heteroatoms. The van der Waals surface area contributed by atoms with E-state index in [1.807, 2.05) is 7.05 Å². The molecule has 0 aliphatic heterocycles. The largest absolute Gasteiger partial charge is 0.369 e. The number of nitro benzene ring substituents is 1. The summed E-state index contributed by atoms with van der Waals surface area (Å²) in [6.07, 6.45) is 0.831. The lowest BCUT2D eigenvalue weighted by atomic mass is 10.2. The van der Waals surface area contributed by atoms with Gasteiger partial charge in [-0.15, -0.1) is 0 Å². The van der Waals surface area contributed by atoms with Gasteiger partial charge in [0.1, 0.15) is 11.5 Å². The summed E-state index contributed by atoms with van der Waals surface area (Å²) in [5.41, 5.74) is 0.252. The summed E-state index contributed by atoms with van der Waals surface area (Å²) in [6.45, 7) is 1.44. The molecule has 1 N–H and O–H groups in total. The van der Waals surface area contributed by atoms with Crippen molar-refractivity contribution in [2.24, 2.45) is 0 Å². The van der Waals surface area contributed by atoms with Crippen molar-refractivity contribution >= 4 is 34.0 Å². The van der Waals surface area contributed by atoms with E-state index in [0.29, 0.717) is 12.2 Å². The number of hydrogen-bond donors (Lipinski definition) is 1. The second-order valence-electron chi connectivity index (χ2n) is 3.89. The highest BCUT2D eigenvalue weighted by Crippen LogP contribution is 2.31. The smallest absolute Gasteiger partial charge is 0.293 e. The molecule has 0 spiro atoms. The van der Waals surface area contributed by atoms with Crippen LogP contribution in [-0.2, 0) is 0 Å². The Kier molecular flexibility index (Phi) is 5.73. The lowest BCUT2D eigenvalue weighted by Crippen LogP contribution is -2.23. The lowest BCUT2D eigenvalue weighted by Gasteiger charge is -2.19. The minimum Gasteiger partial charge on any atom is -0.369 e. The first-order chi connectivity index (χ1) is 8.47. The van der Waals surface area contributed by atoms with Gasteiger partial charge in [-0.2, -0.15) is 0 Å². The van der Waals surface area contributed by atoms with Crippen molar-refractivity contribution in [3.8, 4) is 0 Å². The highest BCUT2D eigenvalue weighted by molar-refractivity contribution is 14.1. The summed E-state index contributed by atoms with van der Waals surface area (Å²) in [5, 5.41) is 14.0. The Labute approximate surface area is 119 Å². The highest BCUT2D eigenvalue weighted by atomic mass is 127. The number of hydrogen-bond acceptors (Lipinski definition) is 4. The van der Waals surface area contributed by atoms with Crippen molar-refractivity contribution in [1.82, 2.24) is 5.32 Å². The van der Waals surface area contributed by atoms with Crippen molar-refractivity contribution in [3.05, 3.63) is 31.6 Å². The Morgan fingerprint density at radius 3 is 2.78 bits per heavy atom. The molecule has 0 saturated carbocycles. The molecule has 0 aliphatic rings. The van der Waals surface area contributed by atoms with E-state index in [1.165, 1.54) is 12.1 Å². The summed E-state index contributed by atoms with van der Waals surface area (Å²) in [5.74, 6) is -0.434. The fourth-order valence-electron chi connectivity index (χ4n) is 1.59. The maximum absolute atomic E-state index is 13.5. The fraction of sp³-hybridized carbons (Fsp3) is 0.455. The van der Waals surface area contributed by atoms with Crippen LogP contribution in [0.1, 0.15) is 6.42 Å². The lowest BCUT2D eigenvalue weighted by molar-refractivity contribution is -0.384. The SMILES string of the molecule is CNCCCN(C)c1cc(F)c(I)cc1[N+](=O)[O-]. The van der Waals surface area contributed by atoms with Gasteiger partial charge in [-0.25, -0.2) is 4.39 Å². The van der Waals surface area contributed by atoms with Crippen LogP contribution in [0.5, 0.6) is 0 Å². The van der Waals surface area contributed by atoms with Gasteiger partial charge in [0.15, 0.2) is 0 Å². The van der Waals surface area contributed by atoms with Crippen LogP contribution in [0.3, 0.4) is 0 Å². The van der Waals surface area contributed by atoms with Crippen LogP contribution >= 0.6 is 22.6 Å². The van der Waals surface area contributed by atoms with Gasteiger partial charge in [-0.1, -0.05) is 0 Å². The number of rotatable bonds is 6. The Balaban J connectivity index is 2.98. The first kappa shape index (κ1) is 15.1. The minimum atomic E-state index is -0.481. The zero-order chi connectivity index (χ0) is 13.7. The molecular formula is C11H15FIN3O2. The molecule has 5 nitrogen and oxygen atoms in total. The highest BCUT2D eigenvalue weighted by Gasteiger charge is 2.20. The molecular weight excluding hydrogens is 352 g/mol. The average Bonchev–Trinajstić information content (AvgIpc) is 2.32. The quantitative estimate of drug-likeness (QED) is 0.363. The van der Waals surface area contributed by atoms with Gasteiger partial charge in [-0.05, 0) is 42.6 Å². The van der Waals surface area contributed by atoms with E-state index in [1.54, 1.807) is 34.5 Å². The monoisotopic (exact) mass is 367 g/mol. The average molecular weight is 367 g/mol. The van der Waals surface area contributed by atoms with Gasteiger partial charge < -0.3 is 10.2 Å². The maximum atomic E-state index is 13.5. The molecule has 0 amide bonds. The summed E-state index contributed by atoms with van der Waals surface area (Å²) < 4.78 is 13.8. The van der Waals surface area contributed by atoms with E-state index in [9.17, 15) is 14.5 Å². The van der Waals surface area contributed by atoms with Crippen LogP contribution in [0, 0.1) is 19.5 Å². The van der Waals surface area contributed by atoms with Gasteiger partial charge in [0.05, 0.1) is 8.49 Å². The molecule has 0 saturated heterocycles. The third-order valence-electron chi connectivity index (χ3n) is 2.55. The third kappa shape index (κ3) is 3.77. The van der Waals surface area contributed by atoms with Crippen LogP contribution in [0.2, 0.25) is 0 Å². The molecule has 0 aromatic heterocycles. The summed E-state index contributed by atoms with van der Waals surface area (Å²) >= 11 is 1.75. The molecule has 0 atom stereocenters. The Morgan fingerprint density at radius 1 is 1.56 bits per heavy atom. The third-order valence-corrected chi connectivity index (χ3v) is 3.37. The first-order valence-corrected chi connectivity index (χ1v) is 6.54. The van der Waals surface area contributed by atoms with Crippen LogP contribution in [0.4, 0.5) is 15.8 Å². The van der Waals surface area contributed by atoms with Crippen LogP contribution < -0.4 is 10.2 Å². The van der Waals surface area contributed by atoms with Crippen LogP contribution in [0.15, 0.2) is 12.1 Å². The second-order valence-corrected chi connectivity index (χ2v) is 5.05. The van der Waals surface area contributed by atoms with E-state index >= 15 is 0 Å². The number of nitrogens with one attached hydrogen (secondary N) is 1.